The van der Waals surface area contributed by atoms with E-state index >= 15 is 0 Å². The van der Waals surface area contributed by atoms with Gasteiger partial charge in [0.1, 0.15) is 23.2 Å². The smallest absolute Gasteiger partial charge is 0.131 e. The van der Waals surface area contributed by atoms with Gasteiger partial charge in [0.15, 0.2) is 0 Å². The Kier molecular flexibility index (Phi) is 3.77. The largest absolute Gasteiger partial charge is 0.464 e. The summed E-state index contributed by atoms with van der Waals surface area (Å²) in [5.74, 6) is 0.146. The summed E-state index contributed by atoms with van der Waals surface area (Å²) in [6, 6.07) is 6.77. The fourth-order valence-corrected chi connectivity index (χ4v) is 1.96. The number of hydrogen-bond donors (Lipinski definition) is 1. The molecule has 0 aliphatic rings. The summed E-state index contributed by atoms with van der Waals surface area (Å²) in [5, 5.41) is 2.88. The van der Waals surface area contributed by atoms with Crippen LogP contribution in [0.3, 0.4) is 0 Å². The molecule has 4 heteroatoms. The van der Waals surface area contributed by atoms with Gasteiger partial charge in [-0.1, -0.05) is 13.0 Å². The third-order valence-corrected chi connectivity index (χ3v) is 2.89. The molecular weight excluding hydrogens is 236 g/mol. The second-order valence-corrected chi connectivity index (χ2v) is 4.01. The predicted molar refractivity (Wildman–Crippen MR) is 65.3 cm³/mol. The molecular formula is C14H15F2NO. The zero-order valence-electron chi connectivity index (χ0n) is 10.3. The second-order valence-electron chi connectivity index (χ2n) is 4.01. The highest BCUT2D eigenvalue weighted by molar-refractivity contribution is 5.30. The van der Waals surface area contributed by atoms with Crippen molar-refractivity contribution in [1.29, 1.82) is 0 Å². The second kappa shape index (κ2) is 5.31. The molecule has 2 rings (SSSR count). The van der Waals surface area contributed by atoms with Crippen LogP contribution in [0.4, 0.5) is 8.78 Å². The molecule has 2 aromatic rings. The summed E-state index contributed by atoms with van der Waals surface area (Å²) in [4.78, 5) is 0. The molecule has 1 heterocycles. The lowest BCUT2D eigenvalue weighted by molar-refractivity contribution is 0.417. The van der Waals surface area contributed by atoms with E-state index in [1.54, 1.807) is 13.1 Å². The van der Waals surface area contributed by atoms with Crippen molar-refractivity contribution in [3.8, 4) is 0 Å². The van der Waals surface area contributed by atoms with Gasteiger partial charge >= 0.3 is 0 Å². The van der Waals surface area contributed by atoms with Crippen molar-refractivity contribution < 1.29 is 13.2 Å². The first-order valence-electron chi connectivity index (χ1n) is 5.87. The number of hydrogen-bond acceptors (Lipinski definition) is 2. The lowest BCUT2D eigenvalue weighted by atomic mass is 10.0. The summed E-state index contributed by atoms with van der Waals surface area (Å²) < 4.78 is 33.0. The molecule has 0 spiro atoms. The summed E-state index contributed by atoms with van der Waals surface area (Å²) in [6.45, 7) is 1.96. The third kappa shape index (κ3) is 2.29. The molecule has 1 aromatic carbocycles. The SMILES string of the molecule is CCc1ccc(C(NC)c2c(F)cccc2F)o1. The van der Waals surface area contributed by atoms with Crippen LogP contribution in [0.2, 0.25) is 0 Å². The number of rotatable bonds is 4. The van der Waals surface area contributed by atoms with E-state index in [0.717, 1.165) is 12.2 Å². The number of furan rings is 1. The molecule has 0 saturated carbocycles. The van der Waals surface area contributed by atoms with Crippen molar-refractivity contribution in [1.82, 2.24) is 5.32 Å². The van der Waals surface area contributed by atoms with Crippen LogP contribution >= 0.6 is 0 Å². The van der Waals surface area contributed by atoms with Gasteiger partial charge in [-0.3, -0.25) is 0 Å². The zero-order valence-corrected chi connectivity index (χ0v) is 10.3. The molecule has 96 valence electrons. The quantitative estimate of drug-likeness (QED) is 0.900. The maximum atomic E-state index is 13.7. The molecule has 1 atom stereocenters. The molecule has 18 heavy (non-hydrogen) atoms. The van der Waals surface area contributed by atoms with E-state index in [9.17, 15) is 8.78 Å². The highest BCUT2D eigenvalue weighted by Crippen LogP contribution is 2.28. The molecule has 0 saturated heterocycles. The Labute approximate surface area is 105 Å². The van der Waals surface area contributed by atoms with Crippen LogP contribution in [0.15, 0.2) is 34.7 Å². The summed E-state index contributed by atoms with van der Waals surface area (Å²) >= 11 is 0. The van der Waals surface area contributed by atoms with Crippen LogP contribution in [0.25, 0.3) is 0 Å². The predicted octanol–water partition coefficient (Wildman–Crippen LogP) is 3.43. The maximum Gasteiger partial charge on any atom is 0.131 e. The topological polar surface area (TPSA) is 25.2 Å². The number of halogens is 2. The van der Waals surface area contributed by atoms with Gasteiger partial charge in [0.05, 0.1) is 6.04 Å². The van der Waals surface area contributed by atoms with Crippen LogP contribution in [0, 0.1) is 11.6 Å². The minimum atomic E-state index is -0.619. The third-order valence-electron chi connectivity index (χ3n) is 2.89. The van der Waals surface area contributed by atoms with Crippen molar-refractivity contribution in [2.24, 2.45) is 0 Å². The summed E-state index contributed by atoms with van der Waals surface area (Å²) in [7, 11) is 1.64. The van der Waals surface area contributed by atoms with Crippen LogP contribution in [0.5, 0.6) is 0 Å². The van der Waals surface area contributed by atoms with Crippen molar-refractivity contribution in [3.05, 3.63) is 59.1 Å². The van der Waals surface area contributed by atoms with E-state index in [2.05, 4.69) is 5.32 Å². The monoisotopic (exact) mass is 251 g/mol. The molecule has 0 amide bonds. The Morgan fingerprint density at radius 3 is 2.33 bits per heavy atom. The Balaban J connectivity index is 2.45. The van der Waals surface area contributed by atoms with Crippen molar-refractivity contribution in [3.63, 3.8) is 0 Å². The number of aryl methyl sites for hydroxylation is 1. The van der Waals surface area contributed by atoms with Crippen molar-refractivity contribution in [2.45, 2.75) is 19.4 Å². The number of nitrogens with one attached hydrogen (secondary N) is 1. The standard InChI is InChI=1S/C14H15F2NO/c1-3-9-7-8-12(18-9)14(17-2)13-10(15)5-4-6-11(13)16/h4-8,14,17H,3H2,1-2H3. The maximum absolute atomic E-state index is 13.7. The molecule has 1 N–H and O–H groups in total. The minimum absolute atomic E-state index is 0.0167. The van der Waals surface area contributed by atoms with Crippen molar-refractivity contribution >= 4 is 0 Å². The van der Waals surface area contributed by atoms with E-state index < -0.39 is 17.7 Å². The van der Waals surface area contributed by atoms with Crippen molar-refractivity contribution in [2.75, 3.05) is 7.05 Å². The van der Waals surface area contributed by atoms with Gasteiger partial charge in [-0.25, -0.2) is 8.78 Å². The van der Waals surface area contributed by atoms with E-state index in [4.69, 9.17) is 4.42 Å². The first kappa shape index (κ1) is 12.8. The van der Waals surface area contributed by atoms with E-state index in [1.807, 2.05) is 13.0 Å². The normalized spacial score (nSPS) is 12.7. The molecule has 0 radical (unpaired) electrons. The van der Waals surface area contributed by atoms with Gasteiger partial charge in [-0.05, 0) is 31.3 Å². The van der Waals surface area contributed by atoms with E-state index in [0.29, 0.717) is 5.76 Å². The number of benzene rings is 1. The Morgan fingerprint density at radius 1 is 1.17 bits per heavy atom. The molecule has 2 nitrogen and oxygen atoms in total. The fourth-order valence-electron chi connectivity index (χ4n) is 1.96. The van der Waals surface area contributed by atoms with Crippen LogP contribution < -0.4 is 5.32 Å². The zero-order chi connectivity index (χ0) is 13.1. The van der Waals surface area contributed by atoms with E-state index in [-0.39, 0.29) is 5.56 Å². The van der Waals surface area contributed by atoms with E-state index in [1.165, 1.54) is 18.2 Å². The average molecular weight is 251 g/mol. The van der Waals surface area contributed by atoms with Crippen LogP contribution in [-0.2, 0) is 6.42 Å². The van der Waals surface area contributed by atoms with Crippen LogP contribution in [0.1, 0.15) is 30.0 Å². The van der Waals surface area contributed by atoms with Crippen LogP contribution in [-0.4, -0.2) is 7.05 Å². The minimum Gasteiger partial charge on any atom is -0.464 e. The molecule has 1 aromatic heterocycles. The highest BCUT2D eigenvalue weighted by Gasteiger charge is 2.22. The molecule has 0 aliphatic carbocycles. The van der Waals surface area contributed by atoms with Gasteiger partial charge in [-0.15, -0.1) is 0 Å². The molecule has 0 bridgehead atoms. The summed E-state index contributed by atoms with van der Waals surface area (Å²) in [5.41, 5.74) is -0.0167. The lowest BCUT2D eigenvalue weighted by Gasteiger charge is -2.15. The first-order chi connectivity index (χ1) is 8.67. The van der Waals surface area contributed by atoms with Gasteiger partial charge < -0.3 is 9.73 Å². The Hall–Kier alpha value is -1.68. The van der Waals surface area contributed by atoms with Gasteiger partial charge in [0, 0.05) is 12.0 Å². The molecule has 0 fully saturated rings. The average Bonchev–Trinajstić information content (AvgIpc) is 2.82. The lowest BCUT2D eigenvalue weighted by Crippen LogP contribution is -2.19. The van der Waals surface area contributed by atoms with Gasteiger partial charge in [0.25, 0.3) is 0 Å². The first-order valence-corrected chi connectivity index (χ1v) is 5.87. The molecule has 1 unspecified atom stereocenters. The Morgan fingerprint density at radius 2 is 1.83 bits per heavy atom. The fraction of sp³-hybridized carbons (Fsp3) is 0.286. The summed E-state index contributed by atoms with van der Waals surface area (Å²) in [6.07, 6.45) is 0.746. The Bertz CT molecular complexity index is 516. The highest BCUT2D eigenvalue weighted by atomic mass is 19.1. The van der Waals surface area contributed by atoms with Gasteiger partial charge in [-0.2, -0.15) is 0 Å². The van der Waals surface area contributed by atoms with Gasteiger partial charge in [0.2, 0.25) is 0 Å². The molecule has 0 aliphatic heterocycles.